The van der Waals surface area contributed by atoms with Gasteiger partial charge in [-0.2, -0.15) is 0 Å². The van der Waals surface area contributed by atoms with E-state index >= 15 is 0 Å². The topological polar surface area (TPSA) is 42.2 Å². The number of hydrogen-bond donors (Lipinski definition) is 1. The number of hydrogen-bond acceptors (Lipinski definition) is 4. The molecule has 2 unspecified atom stereocenters. The van der Waals surface area contributed by atoms with E-state index in [1.807, 2.05) is 11.3 Å². The molecule has 2 atom stereocenters. The molecule has 2 rings (SSSR count). The first-order valence-corrected chi connectivity index (χ1v) is 6.81. The molecule has 0 saturated carbocycles. The third kappa shape index (κ3) is 2.29. The van der Waals surface area contributed by atoms with Gasteiger partial charge in [-0.25, -0.2) is 4.98 Å². The molecule has 90 valence electrons. The van der Waals surface area contributed by atoms with E-state index in [9.17, 15) is 0 Å². The fraction of sp³-hybridized carbons (Fsp3) is 0.750. The summed E-state index contributed by atoms with van der Waals surface area (Å²) >= 11 is 1.83. The lowest BCUT2D eigenvalue weighted by Crippen LogP contribution is -2.26. The van der Waals surface area contributed by atoms with Gasteiger partial charge in [-0.15, -0.1) is 11.3 Å². The first-order chi connectivity index (χ1) is 7.61. The van der Waals surface area contributed by atoms with Gasteiger partial charge < -0.3 is 5.73 Å². The van der Waals surface area contributed by atoms with Crippen molar-refractivity contribution in [1.29, 1.82) is 0 Å². The van der Waals surface area contributed by atoms with Crippen LogP contribution in [0.1, 0.15) is 35.0 Å². The van der Waals surface area contributed by atoms with E-state index in [2.05, 4.69) is 30.7 Å². The van der Waals surface area contributed by atoms with Gasteiger partial charge in [0.05, 0.1) is 10.7 Å². The van der Waals surface area contributed by atoms with Crippen molar-refractivity contribution in [2.45, 2.75) is 33.2 Å². The molecule has 1 aromatic rings. The number of thiazole rings is 1. The van der Waals surface area contributed by atoms with Gasteiger partial charge in [-0.3, -0.25) is 4.90 Å². The molecular formula is C12H21N3S. The van der Waals surface area contributed by atoms with Crippen LogP contribution in [0.4, 0.5) is 0 Å². The number of aryl methyl sites for hydroxylation is 2. The minimum atomic E-state index is 0.503. The largest absolute Gasteiger partial charge is 0.330 e. The summed E-state index contributed by atoms with van der Waals surface area (Å²) in [4.78, 5) is 8.48. The van der Waals surface area contributed by atoms with Crippen molar-refractivity contribution in [2.75, 3.05) is 19.6 Å². The van der Waals surface area contributed by atoms with Gasteiger partial charge >= 0.3 is 0 Å². The molecule has 1 aromatic heterocycles. The Hall–Kier alpha value is -0.450. The Kier molecular flexibility index (Phi) is 3.62. The van der Waals surface area contributed by atoms with Crippen LogP contribution in [0, 0.1) is 19.8 Å². The molecule has 2 N–H and O–H groups in total. The summed E-state index contributed by atoms with van der Waals surface area (Å²) < 4.78 is 0. The van der Waals surface area contributed by atoms with Gasteiger partial charge in [0.1, 0.15) is 0 Å². The molecule has 1 saturated heterocycles. The highest BCUT2D eigenvalue weighted by Gasteiger charge is 2.27. The van der Waals surface area contributed by atoms with E-state index in [-0.39, 0.29) is 0 Å². The van der Waals surface area contributed by atoms with Crippen LogP contribution in [-0.2, 0) is 0 Å². The molecule has 4 heteroatoms. The molecule has 2 heterocycles. The summed E-state index contributed by atoms with van der Waals surface area (Å²) in [5.41, 5.74) is 6.93. The molecular weight excluding hydrogens is 218 g/mol. The number of aromatic nitrogens is 1. The van der Waals surface area contributed by atoms with Crippen molar-refractivity contribution in [3.05, 3.63) is 15.6 Å². The van der Waals surface area contributed by atoms with E-state index in [1.54, 1.807) is 0 Å². The fourth-order valence-corrected chi connectivity index (χ4v) is 3.52. The second-order valence-corrected chi connectivity index (χ2v) is 5.98. The zero-order valence-corrected chi connectivity index (χ0v) is 11.2. The van der Waals surface area contributed by atoms with Crippen LogP contribution >= 0.6 is 11.3 Å². The number of nitrogens with zero attached hydrogens (tertiary/aromatic N) is 2. The Bertz CT molecular complexity index is 361. The zero-order chi connectivity index (χ0) is 11.7. The van der Waals surface area contributed by atoms with Crippen LogP contribution in [-0.4, -0.2) is 29.5 Å². The van der Waals surface area contributed by atoms with Crippen molar-refractivity contribution in [2.24, 2.45) is 11.7 Å². The molecule has 0 bridgehead atoms. The molecule has 0 aliphatic carbocycles. The predicted octanol–water partition coefficient (Wildman–Crippen LogP) is 2.10. The predicted molar refractivity (Wildman–Crippen MR) is 68.7 cm³/mol. The molecule has 0 aromatic carbocycles. The number of likely N-dealkylation sites (tertiary alicyclic amines) is 1. The third-order valence-corrected chi connectivity index (χ3v) is 4.76. The Labute approximate surface area is 102 Å². The lowest BCUT2D eigenvalue weighted by Gasteiger charge is -2.23. The summed E-state index contributed by atoms with van der Waals surface area (Å²) in [5, 5.41) is 1.17. The van der Waals surface area contributed by atoms with Crippen molar-refractivity contribution in [1.82, 2.24) is 9.88 Å². The van der Waals surface area contributed by atoms with E-state index < -0.39 is 0 Å². The molecule has 0 radical (unpaired) electrons. The van der Waals surface area contributed by atoms with Gasteiger partial charge in [0.2, 0.25) is 0 Å². The molecule has 16 heavy (non-hydrogen) atoms. The lowest BCUT2D eigenvalue weighted by molar-refractivity contribution is 0.256. The van der Waals surface area contributed by atoms with Crippen LogP contribution in [0.2, 0.25) is 0 Å². The van der Waals surface area contributed by atoms with Crippen LogP contribution in [0.5, 0.6) is 0 Å². The first-order valence-electron chi connectivity index (χ1n) is 6.00. The Morgan fingerprint density at radius 1 is 1.56 bits per heavy atom. The van der Waals surface area contributed by atoms with Crippen LogP contribution in [0.3, 0.4) is 0 Å². The molecule has 1 fully saturated rings. The van der Waals surface area contributed by atoms with Crippen LogP contribution < -0.4 is 5.73 Å². The maximum absolute atomic E-state index is 5.73. The number of nitrogens with two attached hydrogens (primary N) is 1. The second-order valence-electron chi connectivity index (χ2n) is 4.74. The van der Waals surface area contributed by atoms with Crippen molar-refractivity contribution in [3.8, 4) is 0 Å². The Morgan fingerprint density at radius 2 is 2.31 bits per heavy atom. The van der Waals surface area contributed by atoms with Crippen molar-refractivity contribution < 1.29 is 0 Å². The van der Waals surface area contributed by atoms with Crippen LogP contribution in [0.25, 0.3) is 0 Å². The summed E-state index contributed by atoms with van der Waals surface area (Å²) in [6.07, 6.45) is 1.25. The van der Waals surface area contributed by atoms with Gasteiger partial charge in [-0.05, 0) is 46.2 Å². The average molecular weight is 239 g/mol. The fourth-order valence-electron chi connectivity index (χ4n) is 2.51. The van der Waals surface area contributed by atoms with Gasteiger partial charge in [0, 0.05) is 17.5 Å². The third-order valence-electron chi connectivity index (χ3n) is 3.52. The summed E-state index contributed by atoms with van der Waals surface area (Å²) in [6.45, 7) is 9.64. The second kappa shape index (κ2) is 4.82. The van der Waals surface area contributed by atoms with Gasteiger partial charge in [0.15, 0.2) is 0 Å². The van der Waals surface area contributed by atoms with Crippen molar-refractivity contribution in [3.63, 3.8) is 0 Å². The molecule has 1 aliphatic rings. The molecule has 0 spiro atoms. The van der Waals surface area contributed by atoms with E-state index in [1.165, 1.54) is 28.5 Å². The highest BCUT2D eigenvalue weighted by atomic mass is 32.1. The van der Waals surface area contributed by atoms with E-state index in [4.69, 9.17) is 5.73 Å². The number of rotatable bonds is 3. The van der Waals surface area contributed by atoms with E-state index in [0.29, 0.717) is 12.0 Å². The Balaban J connectivity index is 2.08. The minimum Gasteiger partial charge on any atom is -0.330 e. The van der Waals surface area contributed by atoms with Gasteiger partial charge in [0.25, 0.3) is 0 Å². The quantitative estimate of drug-likeness (QED) is 0.878. The molecule has 0 amide bonds. The van der Waals surface area contributed by atoms with Gasteiger partial charge in [-0.1, -0.05) is 0 Å². The summed E-state index contributed by atoms with van der Waals surface area (Å²) in [6, 6.07) is 0.503. The standard InChI is InChI=1S/C12H21N3S/c1-8-12(16-10(3)14-8)9(2)15-5-4-11(6-13)7-15/h9,11H,4-7,13H2,1-3H3. The summed E-state index contributed by atoms with van der Waals surface area (Å²) in [5.74, 6) is 0.691. The maximum atomic E-state index is 5.73. The SMILES string of the molecule is Cc1nc(C)c(C(C)N2CCC(CN)C2)s1. The lowest BCUT2D eigenvalue weighted by atomic mass is 10.1. The average Bonchev–Trinajstić information content (AvgIpc) is 2.84. The molecule has 3 nitrogen and oxygen atoms in total. The normalized spacial score (nSPS) is 23.9. The van der Waals surface area contributed by atoms with E-state index in [0.717, 1.165) is 13.1 Å². The minimum absolute atomic E-state index is 0.503. The first kappa shape index (κ1) is 12.0. The highest BCUT2D eigenvalue weighted by molar-refractivity contribution is 7.11. The summed E-state index contributed by atoms with van der Waals surface area (Å²) in [7, 11) is 0. The highest BCUT2D eigenvalue weighted by Crippen LogP contribution is 2.32. The Morgan fingerprint density at radius 3 is 2.81 bits per heavy atom. The molecule has 1 aliphatic heterocycles. The van der Waals surface area contributed by atoms with Crippen molar-refractivity contribution >= 4 is 11.3 Å². The smallest absolute Gasteiger partial charge is 0.0900 e. The maximum Gasteiger partial charge on any atom is 0.0900 e. The zero-order valence-electron chi connectivity index (χ0n) is 10.4. The van der Waals surface area contributed by atoms with Crippen LogP contribution in [0.15, 0.2) is 0 Å². The monoisotopic (exact) mass is 239 g/mol.